The van der Waals surface area contributed by atoms with Crippen molar-refractivity contribution >= 4 is 11.9 Å². The third-order valence-electron chi connectivity index (χ3n) is 3.64. The minimum absolute atomic E-state index is 0.0266. The first kappa shape index (κ1) is 17.9. The predicted octanol–water partition coefficient (Wildman–Crippen LogP) is 0.520. The van der Waals surface area contributed by atoms with Crippen molar-refractivity contribution in [1.29, 1.82) is 0 Å². The molecule has 21 heavy (non-hydrogen) atoms. The third kappa shape index (κ3) is 8.02. The molecule has 1 fully saturated rings. The number of nitrogens with zero attached hydrogens (tertiary/aromatic N) is 1. The van der Waals surface area contributed by atoms with Crippen LogP contribution in [0.5, 0.6) is 0 Å². The molecule has 1 atom stereocenters. The Bertz CT molecular complexity index is 317. The molecule has 1 aliphatic rings. The molecule has 0 radical (unpaired) electrons. The van der Waals surface area contributed by atoms with E-state index in [9.17, 15) is 9.59 Å². The fourth-order valence-electron chi connectivity index (χ4n) is 2.48. The first-order chi connectivity index (χ1) is 10.2. The second kappa shape index (κ2) is 10.6. The van der Waals surface area contributed by atoms with E-state index in [1.54, 1.807) is 6.92 Å². The molecule has 0 saturated carbocycles. The molecular formula is C15H29N3O3. The summed E-state index contributed by atoms with van der Waals surface area (Å²) in [6.45, 7) is 8.10. The van der Waals surface area contributed by atoms with Gasteiger partial charge < -0.3 is 15.4 Å². The van der Waals surface area contributed by atoms with E-state index in [1.807, 2.05) is 0 Å². The van der Waals surface area contributed by atoms with Gasteiger partial charge in [0.05, 0.1) is 13.2 Å². The molecule has 1 saturated heterocycles. The number of carbonyl (C=O) groups excluding carboxylic acids is 2. The molecule has 0 aromatic carbocycles. The lowest BCUT2D eigenvalue weighted by Gasteiger charge is -2.23. The Balaban J connectivity index is 2.11. The fraction of sp³-hybridized carbons (Fsp3) is 0.867. The van der Waals surface area contributed by atoms with E-state index in [1.165, 1.54) is 12.8 Å². The number of carbonyl (C=O) groups is 2. The average Bonchev–Trinajstić information content (AvgIpc) is 2.96. The zero-order valence-electron chi connectivity index (χ0n) is 13.3. The number of rotatable bonds is 10. The van der Waals surface area contributed by atoms with Crippen molar-refractivity contribution in [2.24, 2.45) is 0 Å². The minimum Gasteiger partial charge on any atom is -0.466 e. The number of nitrogens with one attached hydrogen (secondary N) is 2. The van der Waals surface area contributed by atoms with Crippen LogP contribution in [0, 0.1) is 0 Å². The van der Waals surface area contributed by atoms with Crippen LogP contribution < -0.4 is 10.6 Å². The maximum absolute atomic E-state index is 11.9. The Labute approximate surface area is 127 Å². The van der Waals surface area contributed by atoms with Crippen molar-refractivity contribution in [2.45, 2.75) is 45.6 Å². The summed E-state index contributed by atoms with van der Waals surface area (Å²) in [4.78, 5) is 25.2. The van der Waals surface area contributed by atoms with E-state index >= 15 is 0 Å². The molecule has 6 heteroatoms. The molecule has 1 aliphatic heterocycles. The van der Waals surface area contributed by atoms with Gasteiger partial charge in [-0.1, -0.05) is 6.92 Å². The van der Waals surface area contributed by atoms with E-state index in [-0.39, 0.29) is 11.9 Å². The highest BCUT2D eigenvalue weighted by Crippen LogP contribution is 2.06. The zero-order valence-corrected chi connectivity index (χ0v) is 13.3. The first-order valence-electron chi connectivity index (χ1n) is 8.03. The molecule has 0 bridgehead atoms. The van der Waals surface area contributed by atoms with Crippen LogP contribution >= 0.6 is 0 Å². The van der Waals surface area contributed by atoms with Crippen molar-refractivity contribution in [3.63, 3.8) is 0 Å². The molecule has 6 nitrogen and oxygen atoms in total. The van der Waals surface area contributed by atoms with Gasteiger partial charge in [0.1, 0.15) is 0 Å². The second-order valence-corrected chi connectivity index (χ2v) is 5.38. The molecular weight excluding hydrogens is 270 g/mol. The Morgan fingerprint density at radius 2 is 2.19 bits per heavy atom. The molecule has 1 amide bonds. The van der Waals surface area contributed by atoms with Gasteiger partial charge in [-0.25, -0.2) is 0 Å². The summed E-state index contributed by atoms with van der Waals surface area (Å²) < 4.78 is 4.84. The molecule has 1 heterocycles. The summed E-state index contributed by atoms with van der Waals surface area (Å²) >= 11 is 0. The van der Waals surface area contributed by atoms with Crippen LogP contribution in [-0.2, 0) is 14.3 Å². The summed E-state index contributed by atoms with van der Waals surface area (Å²) in [5, 5.41) is 6.31. The van der Waals surface area contributed by atoms with Crippen LogP contribution in [0.25, 0.3) is 0 Å². The molecule has 2 N–H and O–H groups in total. The number of likely N-dealkylation sites (N-methyl/N-ethyl adjacent to an activating group) is 1. The predicted molar refractivity (Wildman–Crippen MR) is 82.0 cm³/mol. The molecule has 1 rings (SSSR count). The summed E-state index contributed by atoms with van der Waals surface area (Å²) in [6.07, 6.45) is 3.40. The van der Waals surface area contributed by atoms with Gasteiger partial charge >= 0.3 is 5.97 Å². The largest absolute Gasteiger partial charge is 0.466 e. The van der Waals surface area contributed by atoms with Crippen molar-refractivity contribution in [2.75, 3.05) is 39.3 Å². The third-order valence-corrected chi connectivity index (χ3v) is 3.64. The van der Waals surface area contributed by atoms with E-state index in [4.69, 9.17) is 4.74 Å². The second-order valence-electron chi connectivity index (χ2n) is 5.38. The van der Waals surface area contributed by atoms with Crippen LogP contribution in [0.15, 0.2) is 0 Å². The average molecular weight is 299 g/mol. The van der Waals surface area contributed by atoms with E-state index in [2.05, 4.69) is 22.5 Å². The van der Waals surface area contributed by atoms with Crippen LogP contribution in [-0.4, -0.2) is 62.1 Å². The van der Waals surface area contributed by atoms with Gasteiger partial charge in [-0.2, -0.15) is 0 Å². The summed E-state index contributed by atoms with van der Waals surface area (Å²) in [5.41, 5.74) is 0. The van der Waals surface area contributed by atoms with Gasteiger partial charge in [0.25, 0.3) is 0 Å². The van der Waals surface area contributed by atoms with E-state index in [0.717, 1.165) is 19.6 Å². The number of esters is 1. The van der Waals surface area contributed by atoms with Crippen molar-refractivity contribution in [3.8, 4) is 0 Å². The van der Waals surface area contributed by atoms with Gasteiger partial charge in [0, 0.05) is 25.6 Å². The molecule has 0 aromatic heterocycles. The zero-order chi connectivity index (χ0) is 15.5. The van der Waals surface area contributed by atoms with E-state index < -0.39 is 0 Å². The minimum atomic E-state index is -0.200. The van der Waals surface area contributed by atoms with Crippen LogP contribution in [0.2, 0.25) is 0 Å². The highest BCUT2D eigenvalue weighted by atomic mass is 16.5. The summed E-state index contributed by atoms with van der Waals surface area (Å²) in [7, 11) is 0. The Morgan fingerprint density at radius 3 is 2.81 bits per heavy atom. The highest BCUT2D eigenvalue weighted by Gasteiger charge is 2.18. The lowest BCUT2D eigenvalue weighted by Crippen LogP contribution is -2.43. The maximum Gasteiger partial charge on any atom is 0.305 e. The standard InChI is InChI=1S/C15H29N3O3/c1-3-18(11-13-7-5-9-16-13)12-14(19)17-10-6-8-15(20)21-4-2/h13,16H,3-12H2,1-2H3,(H,17,19). The smallest absolute Gasteiger partial charge is 0.305 e. The maximum atomic E-state index is 11.9. The van der Waals surface area contributed by atoms with Gasteiger partial charge in [-0.05, 0) is 39.3 Å². The van der Waals surface area contributed by atoms with E-state index in [0.29, 0.717) is 38.6 Å². The summed E-state index contributed by atoms with van der Waals surface area (Å²) in [6, 6.07) is 0.515. The monoisotopic (exact) mass is 299 g/mol. The topological polar surface area (TPSA) is 70.7 Å². The van der Waals surface area contributed by atoms with Crippen LogP contribution in [0.4, 0.5) is 0 Å². The molecule has 122 valence electrons. The molecule has 0 aromatic rings. The quantitative estimate of drug-likeness (QED) is 0.454. The highest BCUT2D eigenvalue weighted by molar-refractivity contribution is 5.78. The fourth-order valence-corrected chi connectivity index (χ4v) is 2.48. The SMILES string of the molecule is CCOC(=O)CCCNC(=O)CN(CC)CC1CCCN1. The van der Waals surface area contributed by atoms with Crippen molar-refractivity contribution in [3.05, 3.63) is 0 Å². The summed E-state index contributed by atoms with van der Waals surface area (Å²) in [5.74, 6) is -0.173. The Kier molecular flexibility index (Phi) is 9.01. The van der Waals surface area contributed by atoms with Crippen molar-refractivity contribution < 1.29 is 14.3 Å². The van der Waals surface area contributed by atoms with Gasteiger partial charge in [0.15, 0.2) is 0 Å². The van der Waals surface area contributed by atoms with Gasteiger partial charge in [0.2, 0.25) is 5.91 Å². The Morgan fingerprint density at radius 1 is 1.38 bits per heavy atom. The number of hydrogen-bond donors (Lipinski definition) is 2. The van der Waals surface area contributed by atoms with Crippen molar-refractivity contribution in [1.82, 2.24) is 15.5 Å². The van der Waals surface area contributed by atoms with Gasteiger partial charge in [-0.3, -0.25) is 14.5 Å². The Hall–Kier alpha value is -1.14. The van der Waals surface area contributed by atoms with Crippen LogP contribution in [0.1, 0.15) is 39.5 Å². The lowest BCUT2D eigenvalue weighted by atomic mass is 10.2. The normalized spacial score (nSPS) is 18.0. The number of amides is 1. The number of ether oxygens (including phenoxy) is 1. The molecule has 1 unspecified atom stereocenters. The molecule has 0 spiro atoms. The lowest BCUT2D eigenvalue weighted by molar-refractivity contribution is -0.143. The number of hydrogen-bond acceptors (Lipinski definition) is 5. The van der Waals surface area contributed by atoms with Crippen LogP contribution in [0.3, 0.4) is 0 Å². The van der Waals surface area contributed by atoms with Gasteiger partial charge in [-0.15, -0.1) is 0 Å². The molecule has 0 aliphatic carbocycles. The first-order valence-corrected chi connectivity index (χ1v) is 8.03.